The number of rotatable bonds is 6. The van der Waals surface area contributed by atoms with Gasteiger partial charge in [-0.15, -0.1) is 0 Å². The molecule has 4 N–H and O–H groups in total. The van der Waals surface area contributed by atoms with Crippen LogP contribution in [0.5, 0.6) is 11.5 Å². The standard InChI is InChI=1S/C21H16BrF3N4O5/c22-17-6-3-13(9-16(17)21(23,24)25)28-20(32)27-12-1-4-14(5-2-12)34-15-7-8-26-18(10-15)19(31)29(33)11-30/h1-10,29-30H,11H2,(H2,27,28,32). The molecular weight excluding hydrogens is 525 g/mol. The van der Waals surface area contributed by atoms with Crippen LogP contribution in [0.4, 0.5) is 29.3 Å². The van der Waals surface area contributed by atoms with Crippen molar-refractivity contribution in [2.24, 2.45) is 0 Å². The highest BCUT2D eigenvalue weighted by Crippen LogP contribution is 2.36. The largest absolute Gasteiger partial charge is 0.625 e. The van der Waals surface area contributed by atoms with Crippen molar-refractivity contribution < 1.29 is 37.7 Å². The van der Waals surface area contributed by atoms with Crippen LogP contribution in [0.15, 0.2) is 65.3 Å². The second-order valence-electron chi connectivity index (χ2n) is 6.69. The van der Waals surface area contributed by atoms with E-state index in [0.29, 0.717) is 11.4 Å². The van der Waals surface area contributed by atoms with Crippen molar-refractivity contribution in [2.75, 3.05) is 17.4 Å². The molecule has 0 saturated carbocycles. The molecule has 1 unspecified atom stereocenters. The zero-order valence-electron chi connectivity index (χ0n) is 17.0. The second-order valence-corrected chi connectivity index (χ2v) is 7.54. The van der Waals surface area contributed by atoms with Crippen molar-refractivity contribution in [2.45, 2.75) is 6.18 Å². The van der Waals surface area contributed by atoms with E-state index in [-0.39, 0.29) is 21.6 Å². The van der Waals surface area contributed by atoms with Gasteiger partial charge < -0.3 is 25.7 Å². The number of carbonyl (C=O) groups is 2. The molecule has 0 bridgehead atoms. The second kappa shape index (κ2) is 10.6. The first-order valence-corrected chi connectivity index (χ1v) is 10.2. The number of anilines is 2. The van der Waals surface area contributed by atoms with Crippen molar-refractivity contribution in [1.29, 1.82) is 0 Å². The first kappa shape index (κ1) is 25.1. The van der Waals surface area contributed by atoms with Crippen LogP contribution in [0.25, 0.3) is 0 Å². The van der Waals surface area contributed by atoms with E-state index in [4.69, 9.17) is 9.84 Å². The van der Waals surface area contributed by atoms with E-state index in [1.807, 2.05) is 0 Å². The molecule has 1 atom stereocenters. The molecule has 1 aromatic heterocycles. The summed E-state index contributed by atoms with van der Waals surface area (Å²) in [6, 6.07) is 11.2. The van der Waals surface area contributed by atoms with Gasteiger partial charge in [-0.25, -0.2) is 14.6 Å². The molecule has 3 amide bonds. The number of urea groups is 1. The average Bonchev–Trinajstić information content (AvgIpc) is 2.80. The summed E-state index contributed by atoms with van der Waals surface area (Å²) in [5, 5.41) is 23.9. The highest BCUT2D eigenvalue weighted by Gasteiger charge is 2.33. The van der Waals surface area contributed by atoms with Gasteiger partial charge in [-0.1, -0.05) is 15.9 Å². The molecule has 0 radical (unpaired) electrons. The van der Waals surface area contributed by atoms with Crippen molar-refractivity contribution in [3.8, 4) is 11.5 Å². The Kier molecular flexibility index (Phi) is 7.83. The van der Waals surface area contributed by atoms with E-state index < -0.39 is 35.5 Å². The highest BCUT2D eigenvalue weighted by molar-refractivity contribution is 9.10. The lowest BCUT2D eigenvalue weighted by atomic mass is 10.2. The van der Waals surface area contributed by atoms with Gasteiger partial charge in [0.15, 0.2) is 12.4 Å². The summed E-state index contributed by atoms with van der Waals surface area (Å²) in [4.78, 5) is 27.7. The fourth-order valence-electron chi connectivity index (χ4n) is 2.67. The van der Waals surface area contributed by atoms with Crippen LogP contribution < -0.4 is 20.4 Å². The maximum Gasteiger partial charge on any atom is 0.417 e. The number of hydrogen-bond donors (Lipinski definition) is 4. The Hall–Kier alpha value is -3.52. The minimum absolute atomic E-state index is 0.0457. The van der Waals surface area contributed by atoms with Gasteiger partial charge in [-0.3, -0.25) is 5.06 Å². The van der Waals surface area contributed by atoms with Crippen LogP contribution in [0.3, 0.4) is 0 Å². The zero-order valence-corrected chi connectivity index (χ0v) is 18.6. The number of alkyl halides is 3. The number of aliphatic hydroxyl groups is 1. The first-order chi connectivity index (χ1) is 16.1. The van der Waals surface area contributed by atoms with Gasteiger partial charge in [0.1, 0.15) is 11.5 Å². The number of nitrogens with zero attached hydrogens (tertiary/aromatic N) is 1. The minimum atomic E-state index is -4.58. The molecule has 0 aliphatic carbocycles. The number of carbonyl (C=O) groups excluding carboxylic acids is 2. The van der Waals surface area contributed by atoms with Gasteiger partial charge in [0, 0.05) is 28.1 Å². The number of nitrogens with one attached hydrogen (secondary N) is 3. The molecule has 3 rings (SSSR count). The normalized spacial score (nSPS) is 12.1. The third kappa shape index (κ3) is 6.51. The molecule has 34 heavy (non-hydrogen) atoms. The summed E-state index contributed by atoms with van der Waals surface area (Å²) in [5.41, 5.74) is -0.825. The van der Waals surface area contributed by atoms with Crippen LogP contribution in [0.1, 0.15) is 16.1 Å². The minimum Gasteiger partial charge on any atom is -0.625 e. The molecule has 13 heteroatoms. The number of aliphatic hydroxyl groups excluding tert-OH is 1. The Morgan fingerprint density at radius 2 is 1.68 bits per heavy atom. The van der Waals surface area contributed by atoms with Gasteiger partial charge in [-0.2, -0.15) is 13.2 Å². The maximum absolute atomic E-state index is 13.0. The van der Waals surface area contributed by atoms with Crippen LogP contribution in [-0.4, -0.2) is 28.8 Å². The highest BCUT2D eigenvalue weighted by atomic mass is 79.9. The van der Waals surface area contributed by atoms with Crippen molar-refractivity contribution >= 4 is 39.2 Å². The van der Waals surface area contributed by atoms with Crippen molar-refractivity contribution in [1.82, 2.24) is 4.98 Å². The number of benzene rings is 2. The molecular formula is C21H16BrF3N4O5. The van der Waals surface area contributed by atoms with Crippen molar-refractivity contribution in [3.05, 3.63) is 81.7 Å². The number of pyridine rings is 1. The number of hydroxylamine groups is 2. The van der Waals surface area contributed by atoms with Gasteiger partial charge in [0.2, 0.25) is 0 Å². The average molecular weight is 541 g/mol. The lowest BCUT2D eigenvalue weighted by molar-refractivity contribution is -0.782. The van der Waals surface area contributed by atoms with Gasteiger partial charge in [0.05, 0.1) is 5.56 Å². The summed E-state index contributed by atoms with van der Waals surface area (Å²) >= 11 is 2.83. The Morgan fingerprint density at radius 1 is 1.03 bits per heavy atom. The molecule has 0 saturated heterocycles. The number of quaternary nitrogens is 1. The molecule has 3 aromatic rings. The molecule has 178 valence electrons. The third-order valence-corrected chi connectivity index (χ3v) is 4.93. The number of amides is 3. The summed E-state index contributed by atoms with van der Waals surface area (Å²) in [6.45, 7) is -0.932. The smallest absolute Gasteiger partial charge is 0.417 e. The van der Waals surface area contributed by atoms with E-state index in [0.717, 1.165) is 6.07 Å². The molecule has 0 aliphatic rings. The summed E-state index contributed by atoms with van der Waals surface area (Å²) in [5.74, 6) is -0.420. The maximum atomic E-state index is 13.0. The van der Waals surface area contributed by atoms with E-state index in [1.54, 1.807) is 0 Å². The fraction of sp³-hybridized carbons (Fsp3) is 0.0952. The Labute approximate surface area is 198 Å². The predicted molar refractivity (Wildman–Crippen MR) is 118 cm³/mol. The first-order valence-electron chi connectivity index (χ1n) is 9.44. The fourth-order valence-corrected chi connectivity index (χ4v) is 3.14. The molecule has 1 heterocycles. The van der Waals surface area contributed by atoms with E-state index in [9.17, 15) is 28.0 Å². The lowest BCUT2D eigenvalue weighted by Gasteiger charge is -2.15. The summed E-state index contributed by atoms with van der Waals surface area (Å²) in [6.07, 6.45) is -3.32. The summed E-state index contributed by atoms with van der Waals surface area (Å²) in [7, 11) is 0. The zero-order chi connectivity index (χ0) is 24.9. The topological polar surface area (TPSA) is 128 Å². The molecule has 0 aliphatic heterocycles. The van der Waals surface area contributed by atoms with Crippen molar-refractivity contribution in [3.63, 3.8) is 0 Å². The van der Waals surface area contributed by atoms with Gasteiger partial charge in [-0.05, 0) is 48.5 Å². The molecule has 2 aromatic carbocycles. The Morgan fingerprint density at radius 3 is 2.32 bits per heavy atom. The number of hydrogen-bond acceptors (Lipinski definition) is 6. The summed E-state index contributed by atoms with van der Waals surface area (Å²) < 4.78 is 44.5. The lowest BCUT2D eigenvalue weighted by Crippen LogP contribution is -3.10. The molecule has 9 nitrogen and oxygen atoms in total. The van der Waals surface area contributed by atoms with E-state index in [2.05, 4.69) is 31.5 Å². The Bertz CT molecular complexity index is 1190. The SMILES string of the molecule is O=C(Nc1ccc(Oc2ccnc(C(=O)[NH+]([O-])CO)c2)cc1)Nc1ccc(Br)c(C(F)(F)F)c1. The molecule has 0 fully saturated rings. The van der Waals surface area contributed by atoms with Gasteiger partial charge in [0.25, 0.3) is 0 Å². The quantitative estimate of drug-likeness (QED) is 0.278. The van der Waals surface area contributed by atoms with Crippen LogP contribution >= 0.6 is 15.9 Å². The third-order valence-electron chi connectivity index (χ3n) is 4.24. The number of ether oxygens (including phenoxy) is 1. The number of halogens is 4. The van der Waals surface area contributed by atoms with E-state index >= 15 is 0 Å². The van der Waals surface area contributed by atoms with Gasteiger partial charge >= 0.3 is 18.1 Å². The predicted octanol–water partition coefficient (Wildman–Crippen LogP) is 3.77. The van der Waals surface area contributed by atoms with Crippen LogP contribution in [0, 0.1) is 5.21 Å². The van der Waals surface area contributed by atoms with Crippen LogP contribution in [-0.2, 0) is 6.18 Å². The van der Waals surface area contributed by atoms with Crippen LogP contribution in [0.2, 0.25) is 0 Å². The molecule has 0 spiro atoms. The Balaban J connectivity index is 1.62. The monoisotopic (exact) mass is 540 g/mol. The van der Waals surface area contributed by atoms with E-state index in [1.165, 1.54) is 54.7 Å². The number of aromatic nitrogens is 1.